The van der Waals surface area contributed by atoms with Crippen LogP contribution in [0, 0.1) is 12.7 Å². The fourth-order valence-corrected chi connectivity index (χ4v) is 3.24. The molecule has 0 aliphatic carbocycles. The van der Waals surface area contributed by atoms with Gasteiger partial charge in [0, 0.05) is 6.54 Å². The number of halogens is 2. The summed E-state index contributed by atoms with van der Waals surface area (Å²) in [4.78, 5) is 25.3. The Bertz CT molecular complexity index is 1040. The van der Waals surface area contributed by atoms with E-state index in [1.54, 1.807) is 43.3 Å². The Morgan fingerprint density at radius 2 is 1.70 bits per heavy atom. The molecule has 2 amide bonds. The number of hydrogen-bond acceptors (Lipinski definition) is 2. The summed E-state index contributed by atoms with van der Waals surface area (Å²) in [7, 11) is 0. The highest BCUT2D eigenvalue weighted by molar-refractivity contribution is 6.33. The van der Waals surface area contributed by atoms with Gasteiger partial charge in [0.05, 0.1) is 23.0 Å². The molecule has 30 heavy (non-hydrogen) atoms. The maximum atomic E-state index is 13.7. The minimum Gasteiger partial charge on any atom is -0.352 e. The normalized spacial score (nSPS) is 11.6. The van der Waals surface area contributed by atoms with E-state index < -0.39 is 6.04 Å². The molecule has 0 aliphatic heterocycles. The van der Waals surface area contributed by atoms with Crippen LogP contribution in [-0.2, 0) is 11.3 Å². The topological polar surface area (TPSA) is 58.2 Å². The molecule has 0 saturated carbocycles. The fraction of sp³-hybridized carbons (Fsp3) is 0.167. The van der Waals surface area contributed by atoms with Crippen molar-refractivity contribution in [1.29, 1.82) is 0 Å². The molecule has 3 aromatic rings. The molecule has 0 radical (unpaired) electrons. The Balaban J connectivity index is 1.69. The summed E-state index contributed by atoms with van der Waals surface area (Å²) < 4.78 is 13.7. The van der Waals surface area contributed by atoms with Gasteiger partial charge < -0.3 is 10.6 Å². The Hall–Kier alpha value is -3.18. The number of nitrogens with one attached hydrogen (secondary N) is 2. The molecular weight excluding hydrogens is 403 g/mol. The van der Waals surface area contributed by atoms with E-state index in [2.05, 4.69) is 10.6 Å². The molecule has 1 unspecified atom stereocenters. The number of amides is 2. The lowest BCUT2D eigenvalue weighted by Gasteiger charge is -2.19. The minimum absolute atomic E-state index is 0.0363. The molecule has 0 aliphatic rings. The molecular formula is C24H22ClFN2O2. The molecule has 154 valence electrons. The van der Waals surface area contributed by atoms with Crippen molar-refractivity contribution >= 4 is 23.4 Å². The second-order valence-corrected chi connectivity index (χ2v) is 7.39. The number of hydrogen-bond donors (Lipinski definition) is 2. The number of carbonyl (C=O) groups excluding carboxylic acids is 2. The second-order valence-electron chi connectivity index (χ2n) is 6.98. The number of carbonyl (C=O) groups is 2. The highest BCUT2D eigenvalue weighted by atomic mass is 35.5. The monoisotopic (exact) mass is 424 g/mol. The van der Waals surface area contributed by atoms with E-state index in [0.29, 0.717) is 21.7 Å². The zero-order valence-corrected chi connectivity index (χ0v) is 17.2. The molecule has 0 fully saturated rings. The van der Waals surface area contributed by atoms with E-state index in [1.807, 2.05) is 30.3 Å². The smallest absolute Gasteiger partial charge is 0.253 e. The zero-order chi connectivity index (χ0) is 21.5. The summed E-state index contributed by atoms with van der Waals surface area (Å²) in [6.07, 6.45) is 0.0363. The Kier molecular flexibility index (Phi) is 7.20. The van der Waals surface area contributed by atoms with Gasteiger partial charge in [0.25, 0.3) is 5.91 Å². The predicted octanol–water partition coefficient (Wildman–Crippen LogP) is 4.97. The molecule has 0 saturated heterocycles. The van der Waals surface area contributed by atoms with Crippen LogP contribution in [0.25, 0.3) is 0 Å². The van der Waals surface area contributed by atoms with E-state index in [4.69, 9.17) is 11.6 Å². The summed E-state index contributed by atoms with van der Waals surface area (Å²) in [5.74, 6) is -0.928. The molecule has 4 nitrogen and oxygen atoms in total. The first-order chi connectivity index (χ1) is 14.4. The Morgan fingerprint density at radius 1 is 1.00 bits per heavy atom. The fourth-order valence-electron chi connectivity index (χ4n) is 3.02. The van der Waals surface area contributed by atoms with Gasteiger partial charge >= 0.3 is 0 Å². The van der Waals surface area contributed by atoms with Crippen molar-refractivity contribution in [2.75, 3.05) is 0 Å². The zero-order valence-electron chi connectivity index (χ0n) is 16.5. The summed E-state index contributed by atoms with van der Waals surface area (Å²) in [6, 6.07) is 20.3. The van der Waals surface area contributed by atoms with E-state index in [1.165, 1.54) is 6.07 Å². The number of rotatable bonds is 7. The van der Waals surface area contributed by atoms with Gasteiger partial charge in [-0.15, -0.1) is 0 Å². The number of aryl methyl sites for hydroxylation is 1. The van der Waals surface area contributed by atoms with Crippen LogP contribution in [0.3, 0.4) is 0 Å². The van der Waals surface area contributed by atoms with Crippen molar-refractivity contribution in [2.24, 2.45) is 0 Å². The first kappa shape index (κ1) is 21.5. The van der Waals surface area contributed by atoms with Crippen LogP contribution in [0.2, 0.25) is 5.02 Å². The summed E-state index contributed by atoms with van der Waals surface area (Å²) in [5.41, 5.74) is 2.37. The van der Waals surface area contributed by atoms with Crippen molar-refractivity contribution < 1.29 is 14.0 Å². The molecule has 1 atom stereocenters. The third kappa shape index (κ3) is 5.67. The SMILES string of the molecule is Cc1ccc(CNC(=O)CC(NC(=O)c2ccccc2Cl)c2ccccc2)cc1F. The van der Waals surface area contributed by atoms with Crippen LogP contribution in [0.1, 0.15) is 39.5 Å². The van der Waals surface area contributed by atoms with Crippen LogP contribution >= 0.6 is 11.6 Å². The van der Waals surface area contributed by atoms with Crippen molar-refractivity contribution in [3.8, 4) is 0 Å². The first-order valence-electron chi connectivity index (χ1n) is 9.56. The lowest BCUT2D eigenvalue weighted by Crippen LogP contribution is -2.33. The standard InChI is InChI=1S/C24H22ClFN2O2/c1-16-11-12-17(13-21(16)26)15-27-23(29)14-22(18-7-3-2-4-8-18)28-24(30)19-9-5-6-10-20(19)25/h2-13,22H,14-15H2,1H3,(H,27,29)(H,28,30). The summed E-state index contributed by atoms with van der Waals surface area (Å²) >= 11 is 6.12. The largest absolute Gasteiger partial charge is 0.352 e. The van der Waals surface area contributed by atoms with Crippen molar-refractivity contribution in [3.63, 3.8) is 0 Å². The van der Waals surface area contributed by atoms with Gasteiger partial charge in [0.1, 0.15) is 5.82 Å². The van der Waals surface area contributed by atoms with Gasteiger partial charge in [-0.25, -0.2) is 4.39 Å². The predicted molar refractivity (Wildman–Crippen MR) is 116 cm³/mol. The van der Waals surface area contributed by atoms with E-state index in [0.717, 1.165) is 5.56 Å². The third-order valence-corrected chi connectivity index (χ3v) is 5.07. The lowest BCUT2D eigenvalue weighted by atomic mass is 10.0. The summed E-state index contributed by atoms with van der Waals surface area (Å²) in [6.45, 7) is 1.89. The van der Waals surface area contributed by atoms with Gasteiger partial charge in [-0.1, -0.05) is 66.2 Å². The van der Waals surface area contributed by atoms with Gasteiger partial charge in [0.15, 0.2) is 0 Å². The first-order valence-corrected chi connectivity index (χ1v) is 9.94. The molecule has 3 rings (SSSR count). The molecule has 3 aromatic carbocycles. The summed E-state index contributed by atoms with van der Waals surface area (Å²) in [5, 5.41) is 6.02. The molecule has 0 spiro atoms. The van der Waals surface area contributed by atoms with Gasteiger partial charge in [0.2, 0.25) is 5.91 Å². The van der Waals surface area contributed by atoms with E-state index in [9.17, 15) is 14.0 Å². The molecule has 2 N–H and O–H groups in total. The van der Waals surface area contributed by atoms with Crippen molar-refractivity contribution in [1.82, 2.24) is 10.6 Å². The lowest BCUT2D eigenvalue weighted by molar-refractivity contribution is -0.121. The van der Waals surface area contributed by atoms with Crippen LogP contribution in [0.4, 0.5) is 4.39 Å². The quantitative estimate of drug-likeness (QED) is 0.562. The van der Waals surface area contributed by atoms with Crippen molar-refractivity contribution in [3.05, 3.63) is 106 Å². The molecule has 0 bridgehead atoms. The van der Waals surface area contributed by atoms with Crippen LogP contribution in [-0.4, -0.2) is 11.8 Å². The Morgan fingerprint density at radius 3 is 2.40 bits per heavy atom. The van der Waals surface area contributed by atoms with Crippen molar-refractivity contribution in [2.45, 2.75) is 25.9 Å². The second kappa shape index (κ2) is 10.0. The van der Waals surface area contributed by atoms with Crippen LogP contribution in [0.5, 0.6) is 0 Å². The molecule has 0 aromatic heterocycles. The maximum Gasteiger partial charge on any atom is 0.253 e. The third-order valence-electron chi connectivity index (χ3n) is 4.74. The minimum atomic E-state index is -0.537. The molecule has 6 heteroatoms. The van der Waals surface area contributed by atoms with E-state index in [-0.39, 0.29) is 30.6 Å². The van der Waals surface area contributed by atoms with E-state index >= 15 is 0 Å². The Labute approximate surface area is 180 Å². The van der Waals surface area contributed by atoms with Gasteiger partial charge in [-0.3, -0.25) is 9.59 Å². The maximum absolute atomic E-state index is 13.7. The molecule has 0 heterocycles. The average molecular weight is 425 g/mol. The van der Waals surface area contributed by atoms with Crippen LogP contribution in [0.15, 0.2) is 72.8 Å². The highest BCUT2D eigenvalue weighted by Gasteiger charge is 2.20. The highest BCUT2D eigenvalue weighted by Crippen LogP contribution is 2.20. The van der Waals surface area contributed by atoms with Gasteiger partial charge in [-0.2, -0.15) is 0 Å². The van der Waals surface area contributed by atoms with Crippen LogP contribution < -0.4 is 10.6 Å². The average Bonchev–Trinajstić information content (AvgIpc) is 2.75. The number of benzene rings is 3. The van der Waals surface area contributed by atoms with Gasteiger partial charge in [-0.05, 0) is 41.8 Å².